The normalized spacial score (nSPS) is 18.6. The van der Waals surface area contributed by atoms with Gasteiger partial charge in [-0.3, -0.25) is 4.79 Å². The lowest BCUT2D eigenvalue weighted by Gasteiger charge is -2.31. The molecule has 0 spiro atoms. The van der Waals surface area contributed by atoms with Gasteiger partial charge in [-0.2, -0.15) is 0 Å². The quantitative estimate of drug-likeness (QED) is 0.858. The minimum atomic E-state index is -0.0266. The van der Waals surface area contributed by atoms with Gasteiger partial charge in [0, 0.05) is 26.1 Å². The van der Waals surface area contributed by atoms with Crippen molar-refractivity contribution >= 4 is 5.91 Å². The fourth-order valence-corrected chi connectivity index (χ4v) is 2.92. The van der Waals surface area contributed by atoms with Crippen LogP contribution in [0.2, 0.25) is 0 Å². The highest BCUT2D eigenvalue weighted by Crippen LogP contribution is 2.31. The van der Waals surface area contributed by atoms with Gasteiger partial charge in [0.15, 0.2) is 17.5 Å². The van der Waals surface area contributed by atoms with Crippen LogP contribution in [0, 0.1) is 0 Å². The van der Waals surface area contributed by atoms with Gasteiger partial charge in [0.2, 0.25) is 0 Å². The molecule has 1 aliphatic rings. The molecular formula is C16H25N2O3+. The molecule has 1 amide bonds. The van der Waals surface area contributed by atoms with E-state index in [9.17, 15) is 4.79 Å². The third-order valence-electron chi connectivity index (χ3n) is 4.26. The zero-order chi connectivity index (χ0) is 15.6. The molecule has 1 unspecified atom stereocenters. The van der Waals surface area contributed by atoms with Crippen LogP contribution in [-0.4, -0.2) is 51.7 Å². The molecule has 0 saturated heterocycles. The van der Waals surface area contributed by atoms with Gasteiger partial charge in [-0.15, -0.1) is 0 Å². The third kappa shape index (κ3) is 3.13. The second kappa shape index (κ2) is 6.35. The summed E-state index contributed by atoms with van der Waals surface area (Å²) in [5.41, 5.74) is 2.54. The van der Waals surface area contributed by atoms with Crippen molar-refractivity contribution in [3.05, 3.63) is 23.3 Å². The van der Waals surface area contributed by atoms with Crippen LogP contribution in [0.1, 0.15) is 18.1 Å². The van der Waals surface area contributed by atoms with Crippen LogP contribution in [0.15, 0.2) is 12.1 Å². The molecule has 1 heterocycles. The number of quaternary nitrogens is 1. The van der Waals surface area contributed by atoms with Gasteiger partial charge >= 0.3 is 0 Å². The van der Waals surface area contributed by atoms with Gasteiger partial charge in [-0.05, 0) is 24.6 Å². The molecule has 0 fully saturated rings. The highest BCUT2D eigenvalue weighted by molar-refractivity contribution is 5.79. The smallest absolute Gasteiger partial charge is 0.280 e. The molecule has 2 atom stereocenters. The monoisotopic (exact) mass is 293 g/mol. The van der Waals surface area contributed by atoms with Gasteiger partial charge in [-0.1, -0.05) is 0 Å². The minimum absolute atomic E-state index is 0.0266. The maximum absolute atomic E-state index is 12.1. The van der Waals surface area contributed by atoms with Crippen molar-refractivity contribution in [2.75, 3.05) is 34.9 Å². The van der Waals surface area contributed by atoms with E-state index in [2.05, 4.69) is 6.07 Å². The van der Waals surface area contributed by atoms with E-state index in [1.165, 1.54) is 16.0 Å². The Morgan fingerprint density at radius 1 is 1.19 bits per heavy atom. The Morgan fingerprint density at radius 2 is 1.76 bits per heavy atom. The molecule has 0 bridgehead atoms. The average molecular weight is 293 g/mol. The summed E-state index contributed by atoms with van der Waals surface area (Å²) >= 11 is 0. The Kier molecular flexibility index (Phi) is 4.73. The Labute approximate surface area is 126 Å². The summed E-state index contributed by atoms with van der Waals surface area (Å²) in [5.74, 6) is 1.70. The Balaban J connectivity index is 2.22. The predicted molar refractivity (Wildman–Crippen MR) is 80.9 cm³/mol. The van der Waals surface area contributed by atoms with Crippen LogP contribution in [-0.2, 0) is 17.8 Å². The number of ether oxygens (including phenoxy) is 2. The number of fused-ring (bicyclic) bond motifs is 1. The number of methoxy groups -OCH3 is 2. The number of hydrogen-bond acceptors (Lipinski definition) is 3. The number of carbonyl (C=O) groups excluding carboxylic acids is 1. The standard InChI is InChI=1S/C16H24N2O3/c1-11(16(19)17(2)3)18-7-6-12-8-14(20-4)15(21-5)9-13(12)10-18/h8-9,11H,6-7,10H2,1-5H3/p+1/t11-/m0/s1. The van der Waals surface area contributed by atoms with Gasteiger partial charge < -0.3 is 19.3 Å². The summed E-state index contributed by atoms with van der Waals surface area (Å²) in [6.07, 6.45) is 0.954. The predicted octanol–water partition coefficient (Wildman–Crippen LogP) is 0.122. The molecule has 1 aromatic carbocycles. The molecule has 0 aliphatic carbocycles. The number of nitrogens with zero attached hydrogens (tertiary/aromatic N) is 1. The molecule has 0 radical (unpaired) electrons. The Bertz CT molecular complexity index is 528. The van der Waals surface area contributed by atoms with E-state index in [-0.39, 0.29) is 11.9 Å². The van der Waals surface area contributed by atoms with Crippen LogP contribution in [0.25, 0.3) is 0 Å². The van der Waals surface area contributed by atoms with E-state index < -0.39 is 0 Å². The zero-order valence-corrected chi connectivity index (χ0v) is 13.5. The van der Waals surface area contributed by atoms with E-state index in [4.69, 9.17) is 9.47 Å². The molecule has 0 aromatic heterocycles. The summed E-state index contributed by atoms with van der Waals surface area (Å²) in [5, 5.41) is 0. The molecule has 5 heteroatoms. The molecule has 116 valence electrons. The van der Waals surface area contributed by atoms with Crippen molar-refractivity contribution in [2.24, 2.45) is 0 Å². The van der Waals surface area contributed by atoms with Gasteiger partial charge in [0.1, 0.15) is 6.54 Å². The van der Waals surface area contributed by atoms with Crippen LogP contribution < -0.4 is 14.4 Å². The average Bonchev–Trinajstić information content (AvgIpc) is 2.51. The van der Waals surface area contributed by atoms with Crippen molar-refractivity contribution in [2.45, 2.75) is 25.9 Å². The summed E-state index contributed by atoms with van der Waals surface area (Å²) in [7, 11) is 6.92. The lowest BCUT2D eigenvalue weighted by atomic mass is 9.97. The van der Waals surface area contributed by atoms with Crippen molar-refractivity contribution in [3.63, 3.8) is 0 Å². The molecule has 1 aromatic rings. The van der Waals surface area contributed by atoms with Crippen LogP contribution >= 0.6 is 0 Å². The molecule has 1 N–H and O–H groups in total. The summed E-state index contributed by atoms with van der Waals surface area (Å²) < 4.78 is 10.7. The molecule has 21 heavy (non-hydrogen) atoms. The van der Waals surface area contributed by atoms with Crippen LogP contribution in [0.3, 0.4) is 0 Å². The molecule has 5 nitrogen and oxygen atoms in total. The first-order valence-corrected chi connectivity index (χ1v) is 7.27. The fraction of sp³-hybridized carbons (Fsp3) is 0.562. The van der Waals surface area contributed by atoms with Gasteiger partial charge in [0.05, 0.1) is 20.8 Å². The molecule has 1 aliphatic heterocycles. The van der Waals surface area contributed by atoms with Gasteiger partial charge in [-0.25, -0.2) is 0 Å². The topological polar surface area (TPSA) is 43.2 Å². The summed E-state index contributed by atoms with van der Waals surface area (Å²) in [4.78, 5) is 15.1. The largest absolute Gasteiger partial charge is 0.493 e. The van der Waals surface area contributed by atoms with E-state index in [1.54, 1.807) is 19.1 Å². The van der Waals surface area contributed by atoms with Crippen molar-refractivity contribution < 1.29 is 19.2 Å². The van der Waals surface area contributed by atoms with Crippen molar-refractivity contribution in [3.8, 4) is 11.5 Å². The number of amides is 1. The van der Waals surface area contributed by atoms with Crippen LogP contribution in [0.5, 0.6) is 11.5 Å². The third-order valence-corrected chi connectivity index (χ3v) is 4.26. The zero-order valence-electron chi connectivity index (χ0n) is 13.5. The molecular weight excluding hydrogens is 268 g/mol. The highest BCUT2D eigenvalue weighted by atomic mass is 16.5. The molecule has 2 rings (SSSR count). The Morgan fingerprint density at radius 3 is 2.29 bits per heavy atom. The van der Waals surface area contributed by atoms with E-state index in [0.29, 0.717) is 0 Å². The number of hydrogen-bond donors (Lipinski definition) is 1. The second-order valence-electron chi connectivity index (χ2n) is 5.77. The SMILES string of the molecule is COc1cc2c(cc1OC)C[NH+]([C@@H](C)C(=O)N(C)C)CC2. The maximum Gasteiger partial charge on any atom is 0.280 e. The lowest BCUT2D eigenvalue weighted by Crippen LogP contribution is -3.16. The van der Waals surface area contributed by atoms with Crippen molar-refractivity contribution in [1.29, 1.82) is 0 Å². The second-order valence-corrected chi connectivity index (χ2v) is 5.77. The first-order valence-electron chi connectivity index (χ1n) is 7.27. The fourth-order valence-electron chi connectivity index (χ4n) is 2.92. The van der Waals surface area contributed by atoms with E-state index in [0.717, 1.165) is 31.0 Å². The van der Waals surface area contributed by atoms with Crippen molar-refractivity contribution in [1.82, 2.24) is 4.90 Å². The van der Waals surface area contributed by atoms with Gasteiger partial charge in [0.25, 0.3) is 5.91 Å². The number of likely N-dealkylation sites (N-methyl/N-ethyl adjacent to an activating group) is 1. The number of benzene rings is 1. The molecule has 0 saturated carbocycles. The van der Waals surface area contributed by atoms with E-state index >= 15 is 0 Å². The first-order chi connectivity index (χ1) is 9.97. The Hall–Kier alpha value is -1.75. The maximum atomic E-state index is 12.1. The lowest BCUT2D eigenvalue weighted by molar-refractivity contribution is -0.930. The first kappa shape index (κ1) is 15.6. The number of nitrogens with one attached hydrogen (secondary N) is 1. The van der Waals surface area contributed by atoms with Crippen LogP contribution in [0.4, 0.5) is 0 Å². The number of rotatable bonds is 4. The van der Waals surface area contributed by atoms with E-state index in [1.807, 2.05) is 27.1 Å². The minimum Gasteiger partial charge on any atom is -0.493 e. The summed E-state index contributed by atoms with van der Waals surface area (Å²) in [6, 6.07) is 4.07. The highest BCUT2D eigenvalue weighted by Gasteiger charge is 2.30. The number of carbonyl (C=O) groups is 1. The summed E-state index contributed by atoms with van der Waals surface area (Å²) in [6.45, 7) is 3.81.